The smallest absolute Gasteiger partial charge is 0.221 e. The molecule has 0 N–H and O–H groups in total. The Balaban J connectivity index is 1.96. The van der Waals surface area contributed by atoms with Gasteiger partial charge < -0.3 is 9.36 Å². The van der Waals surface area contributed by atoms with Crippen LogP contribution in [0, 0.1) is 0 Å². The zero-order valence-corrected chi connectivity index (χ0v) is 12.5. The lowest BCUT2D eigenvalue weighted by molar-refractivity contribution is 0.00118. The lowest BCUT2D eigenvalue weighted by Gasteiger charge is -2.16. The van der Waals surface area contributed by atoms with Crippen LogP contribution in [0.5, 0.6) is 0 Å². The Morgan fingerprint density at radius 1 is 1.05 bits per heavy atom. The maximum atomic E-state index is 5.60. The fourth-order valence-corrected chi connectivity index (χ4v) is 2.36. The largest absolute Gasteiger partial charge is 0.390 e. The van der Waals surface area contributed by atoms with Crippen molar-refractivity contribution in [2.75, 3.05) is 0 Å². The topological polar surface area (TPSA) is 73.4 Å². The minimum absolute atomic E-state index is 0.376. The van der Waals surface area contributed by atoms with Crippen LogP contribution in [0.1, 0.15) is 32.0 Å². The van der Waals surface area contributed by atoms with Crippen LogP contribution < -0.4 is 0 Å². The summed E-state index contributed by atoms with van der Waals surface area (Å²) in [6.45, 7) is 5.86. The summed E-state index contributed by atoms with van der Waals surface area (Å²) >= 11 is 0. The van der Waals surface area contributed by atoms with E-state index in [1.54, 1.807) is 0 Å². The van der Waals surface area contributed by atoms with Crippen molar-refractivity contribution in [2.45, 2.75) is 26.4 Å². The molecule has 1 aliphatic carbocycles. The predicted molar refractivity (Wildman–Crippen MR) is 81.5 cm³/mol. The molecule has 6 heteroatoms. The average molecular weight is 294 g/mol. The van der Waals surface area contributed by atoms with Gasteiger partial charge >= 0.3 is 0 Å². The molecule has 1 aromatic carbocycles. The zero-order chi connectivity index (χ0) is 15.3. The molecule has 6 nitrogen and oxygen atoms in total. The van der Waals surface area contributed by atoms with Gasteiger partial charge in [-0.05, 0) is 20.8 Å². The van der Waals surface area contributed by atoms with Crippen molar-refractivity contribution >= 4 is 16.9 Å². The van der Waals surface area contributed by atoms with E-state index in [-0.39, 0.29) is 5.60 Å². The Labute approximate surface area is 126 Å². The van der Waals surface area contributed by atoms with Crippen LogP contribution >= 0.6 is 0 Å². The van der Waals surface area contributed by atoms with Gasteiger partial charge in [-0.1, -0.05) is 34.6 Å². The van der Waals surface area contributed by atoms with E-state index in [9.17, 15) is 0 Å². The summed E-state index contributed by atoms with van der Waals surface area (Å²) in [5, 5.41) is 8.19. The number of hydrogen-bond acceptors (Lipinski definition) is 6. The molecule has 2 heterocycles. The second kappa shape index (κ2) is 4.37. The molecule has 0 saturated carbocycles. The van der Waals surface area contributed by atoms with Gasteiger partial charge in [-0.15, -0.1) is 0 Å². The van der Waals surface area contributed by atoms with Crippen molar-refractivity contribution in [1.82, 2.24) is 15.1 Å². The van der Waals surface area contributed by atoms with Crippen LogP contribution in [0.15, 0.2) is 40.2 Å². The Bertz CT molecular complexity index is 906. The Hall–Kier alpha value is -2.76. The van der Waals surface area contributed by atoms with Crippen molar-refractivity contribution in [3.05, 3.63) is 41.8 Å². The van der Waals surface area contributed by atoms with Gasteiger partial charge in [0, 0.05) is 11.1 Å². The highest BCUT2D eigenvalue weighted by Gasteiger charge is 2.30. The second-order valence-electron chi connectivity index (χ2n) is 6.13. The molecular formula is C16H14N4O2. The Morgan fingerprint density at radius 3 is 2.59 bits per heavy atom. The lowest BCUT2D eigenvalue weighted by atomic mass is 10.1. The van der Waals surface area contributed by atoms with Gasteiger partial charge in [0.25, 0.3) is 0 Å². The van der Waals surface area contributed by atoms with Crippen LogP contribution in [0.2, 0.25) is 0 Å². The van der Waals surface area contributed by atoms with E-state index in [0.717, 1.165) is 16.8 Å². The molecule has 0 atom stereocenters. The van der Waals surface area contributed by atoms with Crippen molar-refractivity contribution in [3.8, 4) is 11.3 Å². The van der Waals surface area contributed by atoms with Crippen molar-refractivity contribution < 1.29 is 9.36 Å². The molecule has 2 aromatic heterocycles. The predicted octanol–water partition coefficient (Wildman–Crippen LogP) is 3.17. The minimum atomic E-state index is -0.376. The number of oxime groups is 1. The molecule has 0 amide bonds. The summed E-state index contributed by atoms with van der Waals surface area (Å²) < 4.78 is 4.93. The summed E-state index contributed by atoms with van der Waals surface area (Å²) in [5.74, 6) is 0. The van der Waals surface area contributed by atoms with Crippen LogP contribution in [0.25, 0.3) is 22.4 Å². The summed E-state index contributed by atoms with van der Waals surface area (Å²) in [7, 11) is 0. The van der Waals surface area contributed by atoms with E-state index in [4.69, 9.17) is 9.36 Å². The molecular weight excluding hydrogens is 280 g/mol. The number of rotatable bonds is 1. The summed E-state index contributed by atoms with van der Waals surface area (Å²) in [6, 6.07) is 7.91. The lowest BCUT2D eigenvalue weighted by Crippen LogP contribution is -2.17. The molecule has 0 radical (unpaired) electrons. The van der Waals surface area contributed by atoms with E-state index in [0.29, 0.717) is 22.6 Å². The standard InChI is InChI=1S/C16H14N4O2/c1-16(2,3)22-19-13-10-7-5-4-6-9(10)12-14(13)17-11-8-21-20-15(11)18-12/h4-8H,1-3H3/b19-13-. The first-order valence-electron chi connectivity index (χ1n) is 7.01. The van der Waals surface area contributed by atoms with Gasteiger partial charge in [-0.25, -0.2) is 9.97 Å². The molecule has 3 aromatic rings. The second-order valence-corrected chi connectivity index (χ2v) is 6.13. The molecule has 4 rings (SSSR count). The van der Waals surface area contributed by atoms with Gasteiger partial charge in [-0.2, -0.15) is 0 Å². The third-order valence-corrected chi connectivity index (χ3v) is 3.28. The molecule has 0 fully saturated rings. The summed E-state index contributed by atoms with van der Waals surface area (Å²) in [6.07, 6.45) is 1.48. The molecule has 22 heavy (non-hydrogen) atoms. The maximum Gasteiger partial charge on any atom is 0.221 e. The highest BCUT2D eigenvalue weighted by atomic mass is 16.6. The quantitative estimate of drug-likeness (QED) is 0.504. The summed E-state index contributed by atoms with van der Waals surface area (Å²) in [5.41, 5.74) is 4.81. The summed E-state index contributed by atoms with van der Waals surface area (Å²) in [4.78, 5) is 14.7. The third kappa shape index (κ3) is 1.95. The SMILES string of the molecule is CC(C)(C)O/N=C1/c2ccccc2-c2nc3nocc3nc21. The highest BCUT2D eigenvalue weighted by molar-refractivity contribution is 6.23. The number of benzene rings is 1. The first-order valence-corrected chi connectivity index (χ1v) is 7.01. The van der Waals surface area contributed by atoms with Gasteiger partial charge in [-0.3, -0.25) is 0 Å². The van der Waals surface area contributed by atoms with Crippen molar-refractivity contribution in [3.63, 3.8) is 0 Å². The van der Waals surface area contributed by atoms with Crippen LogP contribution in [0.4, 0.5) is 0 Å². The van der Waals surface area contributed by atoms with Gasteiger partial charge in [0.15, 0.2) is 6.26 Å². The number of nitrogens with zero attached hydrogens (tertiary/aromatic N) is 4. The first-order chi connectivity index (χ1) is 10.5. The van der Waals surface area contributed by atoms with Crippen LogP contribution in [-0.2, 0) is 4.84 Å². The first kappa shape index (κ1) is 12.9. The van der Waals surface area contributed by atoms with Crippen molar-refractivity contribution in [1.29, 1.82) is 0 Å². The number of aromatic nitrogens is 3. The minimum Gasteiger partial charge on any atom is -0.390 e. The van der Waals surface area contributed by atoms with Crippen LogP contribution in [-0.4, -0.2) is 26.4 Å². The van der Waals surface area contributed by atoms with E-state index < -0.39 is 0 Å². The van der Waals surface area contributed by atoms with Gasteiger partial charge in [0.2, 0.25) is 5.65 Å². The van der Waals surface area contributed by atoms with E-state index in [1.807, 2.05) is 45.0 Å². The molecule has 0 spiro atoms. The average Bonchev–Trinajstić information content (AvgIpc) is 3.04. The molecule has 0 aliphatic heterocycles. The molecule has 0 saturated heterocycles. The molecule has 0 unspecified atom stereocenters. The van der Waals surface area contributed by atoms with Gasteiger partial charge in [0.1, 0.15) is 28.2 Å². The fourth-order valence-electron chi connectivity index (χ4n) is 2.36. The van der Waals surface area contributed by atoms with E-state index >= 15 is 0 Å². The van der Waals surface area contributed by atoms with Gasteiger partial charge in [0.05, 0.1) is 0 Å². The molecule has 0 bridgehead atoms. The number of hydrogen-bond donors (Lipinski definition) is 0. The van der Waals surface area contributed by atoms with Crippen LogP contribution in [0.3, 0.4) is 0 Å². The Kier molecular flexibility index (Phi) is 2.57. The maximum absolute atomic E-state index is 5.60. The van der Waals surface area contributed by atoms with E-state index in [1.165, 1.54) is 6.26 Å². The Morgan fingerprint density at radius 2 is 1.82 bits per heavy atom. The molecule has 1 aliphatic rings. The number of fused-ring (bicyclic) bond motifs is 4. The fraction of sp³-hybridized carbons (Fsp3) is 0.250. The third-order valence-electron chi connectivity index (χ3n) is 3.28. The highest BCUT2D eigenvalue weighted by Crippen LogP contribution is 2.35. The van der Waals surface area contributed by atoms with Crippen molar-refractivity contribution in [2.24, 2.45) is 5.16 Å². The van der Waals surface area contributed by atoms with E-state index in [2.05, 4.69) is 20.3 Å². The normalized spacial score (nSPS) is 15.1. The zero-order valence-electron chi connectivity index (χ0n) is 12.5. The molecule has 110 valence electrons. The monoisotopic (exact) mass is 294 g/mol.